The fourth-order valence-electron chi connectivity index (χ4n) is 2.71. The Labute approximate surface area is 161 Å². The van der Waals surface area contributed by atoms with Gasteiger partial charge < -0.3 is 14.2 Å². The number of aromatic nitrogens is 2. The van der Waals surface area contributed by atoms with E-state index in [1.54, 1.807) is 35.0 Å². The number of carbonyl (C=O) groups is 1. The number of nitrogens with zero attached hydrogens (tertiary/aromatic N) is 2. The second-order valence-electron chi connectivity index (χ2n) is 6.38. The molecule has 0 radical (unpaired) electrons. The monoisotopic (exact) mass is 384 g/mol. The van der Waals surface area contributed by atoms with Crippen molar-refractivity contribution in [2.24, 2.45) is 0 Å². The van der Waals surface area contributed by atoms with Crippen LogP contribution in [0.3, 0.4) is 0 Å². The van der Waals surface area contributed by atoms with Crippen molar-refractivity contribution in [1.29, 1.82) is 0 Å². The smallest absolute Gasteiger partial charge is 0.344 e. The predicted octanol–water partition coefficient (Wildman–Crippen LogP) is 4.60. The quantitative estimate of drug-likeness (QED) is 0.615. The highest BCUT2D eigenvalue weighted by Crippen LogP contribution is 2.33. The molecule has 4 rings (SSSR count). The number of para-hydroxylation sites is 1. The lowest BCUT2D eigenvalue weighted by molar-refractivity contribution is 0.0722. The molecule has 27 heavy (non-hydrogen) atoms. The maximum atomic E-state index is 12.7. The third-order valence-corrected chi connectivity index (χ3v) is 4.49. The molecule has 138 valence electrons. The highest BCUT2D eigenvalue weighted by molar-refractivity contribution is 6.32. The minimum absolute atomic E-state index is 0.144. The second kappa shape index (κ2) is 6.96. The van der Waals surface area contributed by atoms with E-state index in [-0.39, 0.29) is 12.7 Å². The molecule has 0 unspecified atom stereocenters. The van der Waals surface area contributed by atoms with Crippen LogP contribution in [0.4, 0.5) is 0 Å². The van der Waals surface area contributed by atoms with Crippen LogP contribution >= 0.6 is 11.6 Å². The summed E-state index contributed by atoms with van der Waals surface area (Å²) in [5, 5.41) is 5.07. The van der Waals surface area contributed by atoms with Gasteiger partial charge in [-0.15, -0.1) is 0 Å². The Morgan fingerprint density at radius 1 is 1.15 bits per heavy atom. The molecule has 0 saturated heterocycles. The average molecular weight is 385 g/mol. The molecule has 7 heteroatoms. The van der Waals surface area contributed by atoms with Crippen LogP contribution in [0, 0.1) is 0 Å². The number of benzene rings is 2. The van der Waals surface area contributed by atoms with E-state index in [2.05, 4.69) is 5.10 Å². The van der Waals surface area contributed by atoms with Crippen LogP contribution in [0.1, 0.15) is 35.8 Å². The van der Waals surface area contributed by atoms with Crippen molar-refractivity contribution in [2.75, 3.05) is 6.79 Å². The lowest BCUT2D eigenvalue weighted by Gasteiger charge is -2.09. The van der Waals surface area contributed by atoms with Gasteiger partial charge in [-0.2, -0.15) is 9.78 Å². The summed E-state index contributed by atoms with van der Waals surface area (Å²) < 4.78 is 17.8. The number of fused-ring (bicyclic) bond motifs is 1. The fraction of sp³-hybridized carbons (Fsp3) is 0.200. The number of halogens is 1. The van der Waals surface area contributed by atoms with Crippen LogP contribution in [0.5, 0.6) is 17.4 Å². The third-order valence-electron chi connectivity index (χ3n) is 4.17. The first-order valence-electron chi connectivity index (χ1n) is 8.49. The maximum absolute atomic E-state index is 12.7. The summed E-state index contributed by atoms with van der Waals surface area (Å²) >= 11 is 6.31. The first-order valence-corrected chi connectivity index (χ1v) is 8.87. The summed E-state index contributed by atoms with van der Waals surface area (Å²) in [6.07, 6.45) is 0. The van der Waals surface area contributed by atoms with Gasteiger partial charge in [0.25, 0.3) is 0 Å². The Morgan fingerprint density at radius 2 is 1.93 bits per heavy atom. The normalized spacial score (nSPS) is 12.4. The zero-order chi connectivity index (χ0) is 19.0. The molecule has 0 N–H and O–H groups in total. The summed E-state index contributed by atoms with van der Waals surface area (Å²) in [7, 11) is 0. The van der Waals surface area contributed by atoms with Crippen LogP contribution in [0.25, 0.3) is 5.69 Å². The van der Waals surface area contributed by atoms with Gasteiger partial charge in [0, 0.05) is 6.07 Å². The molecule has 0 bridgehead atoms. The van der Waals surface area contributed by atoms with E-state index in [1.165, 1.54) is 0 Å². The second-order valence-corrected chi connectivity index (χ2v) is 6.79. The molecule has 0 amide bonds. The van der Waals surface area contributed by atoms with E-state index in [9.17, 15) is 4.79 Å². The molecule has 0 fully saturated rings. The van der Waals surface area contributed by atoms with E-state index < -0.39 is 5.97 Å². The summed E-state index contributed by atoms with van der Waals surface area (Å²) in [5.74, 6) is 1.07. The predicted molar refractivity (Wildman–Crippen MR) is 100 cm³/mol. The molecule has 1 aromatic heterocycles. The number of hydrogen-bond acceptors (Lipinski definition) is 5. The van der Waals surface area contributed by atoms with Gasteiger partial charge in [-0.1, -0.05) is 37.6 Å². The van der Waals surface area contributed by atoms with Crippen LogP contribution in [0.15, 0.2) is 48.5 Å². The molecule has 0 atom stereocenters. The van der Waals surface area contributed by atoms with E-state index in [1.807, 2.05) is 32.0 Å². The van der Waals surface area contributed by atoms with Crippen LogP contribution in [-0.2, 0) is 0 Å². The summed E-state index contributed by atoms with van der Waals surface area (Å²) in [6, 6.07) is 13.9. The van der Waals surface area contributed by atoms with Crippen molar-refractivity contribution in [3.8, 4) is 23.1 Å². The Morgan fingerprint density at radius 3 is 2.70 bits per heavy atom. The molecule has 2 heterocycles. The number of hydrogen-bond donors (Lipinski definition) is 0. The topological polar surface area (TPSA) is 62.6 Å². The van der Waals surface area contributed by atoms with E-state index in [0.29, 0.717) is 33.7 Å². The molecule has 0 spiro atoms. The van der Waals surface area contributed by atoms with Crippen molar-refractivity contribution in [1.82, 2.24) is 9.78 Å². The Bertz CT molecular complexity index is 1010. The SMILES string of the molecule is CC(C)c1cc(OC(=O)c2ccc3c(c2)OCO3)n(-c2ccccc2Cl)n1. The molecule has 0 aliphatic carbocycles. The summed E-state index contributed by atoms with van der Waals surface area (Å²) in [4.78, 5) is 12.7. The lowest BCUT2D eigenvalue weighted by atomic mass is 10.1. The van der Waals surface area contributed by atoms with Gasteiger partial charge in [0.15, 0.2) is 11.5 Å². The first-order chi connectivity index (χ1) is 13.0. The summed E-state index contributed by atoms with van der Waals surface area (Å²) in [6.45, 7) is 4.18. The molecule has 2 aromatic carbocycles. The van der Waals surface area contributed by atoms with Crippen molar-refractivity contribution in [3.05, 3.63) is 64.8 Å². The third kappa shape index (κ3) is 3.36. The molecular weight excluding hydrogens is 368 g/mol. The Balaban J connectivity index is 1.69. The molecule has 6 nitrogen and oxygen atoms in total. The highest BCUT2D eigenvalue weighted by atomic mass is 35.5. The van der Waals surface area contributed by atoms with Crippen molar-refractivity contribution in [2.45, 2.75) is 19.8 Å². The van der Waals surface area contributed by atoms with Gasteiger partial charge in [-0.3, -0.25) is 0 Å². The van der Waals surface area contributed by atoms with Gasteiger partial charge in [0.1, 0.15) is 0 Å². The molecule has 1 aliphatic heterocycles. The minimum atomic E-state index is -0.517. The number of esters is 1. The van der Waals surface area contributed by atoms with Crippen LogP contribution < -0.4 is 14.2 Å². The minimum Gasteiger partial charge on any atom is -0.454 e. The lowest BCUT2D eigenvalue weighted by Crippen LogP contribution is -2.12. The Hall–Kier alpha value is -2.99. The van der Waals surface area contributed by atoms with Crippen LogP contribution in [0.2, 0.25) is 5.02 Å². The standard InChI is InChI=1S/C20H17ClN2O4/c1-12(2)15-10-19(23(22-15)16-6-4-3-5-14(16)21)27-20(24)13-7-8-17-18(9-13)26-11-25-17/h3-10,12H,11H2,1-2H3. The van der Waals surface area contributed by atoms with E-state index >= 15 is 0 Å². The van der Waals surface area contributed by atoms with Crippen molar-refractivity contribution >= 4 is 17.6 Å². The fourth-order valence-corrected chi connectivity index (χ4v) is 2.93. The molecule has 0 saturated carbocycles. The van der Waals surface area contributed by atoms with Gasteiger partial charge >= 0.3 is 5.97 Å². The number of rotatable bonds is 4. The van der Waals surface area contributed by atoms with E-state index in [0.717, 1.165) is 5.69 Å². The zero-order valence-corrected chi connectivity index (χ0v) is 15.6. The Kier molecular flexibility index (Phi) is 4.49. The highest BCUT2D eigenvalue weighted by Gasteiger charge is 2.21. The maximum Gasteiger partial charge on any atom is 0.344 e. The zero-order valence-electron chi connectivity index (χ0n) is 14.8. The average Bonchev–Trinajstić information content (AvgIpc) is 3.28. The van der Waals surface area contributed by atoms with Gasteiger partial charge in [-0.05, 0) is 36.2 Å². The molecule has 3 aromatic rings. The van der Waals surface area contributed by atoms with Crippen LogP contribution in [-0.4, -0.2) is 22.5 Å². The molecule has 1 aliphatic rings. The number of carbonyl (C=O) groups excluding carboxylic acids is 1. The van der Waals surface area contributed by atoms with Crippen molar-refractivity contribution < 1.29 is 19.0 Å². The van der Waals surface area contributed by atoms with Gasteiger partial charge in [0.2, 0.25) is 12.7 Å². The first kappa shape index (κ1) is 17.4. The van der Waals surface area contributed by atoms with Crippen molar-refractivity contribution in [3.63, 3.8) is 0 Å². The molecular formula is C20H17ClN2O4. The van der Waals surface area contributed by atoms with Gasteiger partial charge in [0.05, 0.1) is 22.0 Å². The summed E-state index contributed by atoms with van der Waals surface area (Å²) in [5.41, 5.74) is 1.79. The number of ether oxygens (including phenoxy) is 3. The van der Waals surface area contributed by atoms with E-state index in [4.69, 9.17) is 25.8 Å². The van der Waals surface area contributed by atoms with Gasteiger partial charge in [-0.25, -0.2) is 4.79 Å². The largest absolute Gasteiger partial charge is 0.454 e.